The summed E-state index contributed by atoms with van der Waals surface area (Å²) in [6, 6.07) is 0. The first-order valence-electron chi connectivity index (χ1n) is 4.95. The van der Waals surface area contributed by atoms with E-state index < -0.39 is 0 Å². The summed E-state index contributed by atoms with van der Waals surface area (Å²) in [5.74, 6) is 0. The van der Waals surface area contributed by atoms with Crippen LogP contribution in [0.4, 0.5) is 0 Å². The summed E-state index contributed by atoms with van der Waals surface area (Å²) < 4.78 is 0. The van der Waals surface area contributed by atoms with E-state index in [0.717, 1.165) is 0 Å². The molecule has 0 amide bonds. The number of nitrogens with one attached hydrogen (secondary N) is 2. The second-order valence-corrected chi connectivity index (χ2v) is 2.56. The standard InChI is InChI=1S/C7H18N2O8/c1-8-11-4-2-7-14-17-15-9-12-5-3-6-13-16-10/h8-10H,2-7H2,1H3. The van der Waals surface area contributed by atoms with Crippen LogP contribution in [0.2, 0.25) is 0 Å². The molecule has 0 atom stereocenters. The van der Waals surface area contributed by atoms with Crippen LogP contribution in [0.25, 0.3) is 0 Å². The average molecular weight is 258 g/mol. The van der Waals surface area contributed by atoms with Gasteiger partial charge in [-0.2, -0.15) is 0 Å². The quantitative estimate of drug-likeness (QED) is 0.217. The molecule has 104 valence electrons. The second-order valence-electron chi connectivity index (χ2n) is 2.56. The maximum Gasteiger partial charge on any atom is 0.0877 e. The van der Waals surface area contributed by atoms with Crippen molar-refractivity contribution in [2.24, 2.45) is 0 Å². The Balaban J connectivity index is 2.85. The number of hydrogen-bond acceptors (Lipinski definition) is 10. The summed E-state index contributed by atoms with van der Waals surface area (Å²) in [4.78, 5) is 22.5. The van der Waals surface area contributed by atoms with E-state index in [9.17, 15) is 0 Å². The van der Waals surface area contributed by atoms with Gasteiger partial charge in [0, 0.05) is 7.05 Å². The number of hydrogen-bond donors (Lipinski definition) is 3. The van der Waals surface area contributed by atoms with Gasteiger partial charge >= 0.3 is 0 Å². The molecule has 0 aromatic carbocycles. The van der Waals surface area contributed by atoms with Gasteiger partial charge in [0.05, 0.1) is 26.4 Å². The highest BCUT2D eigenvalue weighted by Crippen LogP contribution is 1.86. The van der Waals surface area contributed by atoms with Gasteiger partial charge in [-0.25, -0.2) is 20.5 Å². The van der Waals surface area contributed by atoms with Gasteiger partial charge in [-0.3, -0.25) is 4.84 Å². The maximum absolute atomic E-state index is 7.79. The van der Waals surface area contributed by atoms with Crippen molar-refractivity contribution in [3.8, 4) is 0 Å². The van der Waals surface area contributed by atoms with Crippen LogP contribution in [0.5, 0.6) is 0 Å². The maximum atomic E-state index is 7.79. The zero-order chi connectivity index (χ0) is 12.6. The first-order valence-corrected chi connectivity index (χ1v) is 4.95. The van der Waals surface area contributed by atoms with E-state index in [0.29, 0.717) is 26.1 Å². The van der Waals surface area contributed by atoms with E-state index in [-0.39, 0.29) is 13.2 Å². The van der Waals surface area contributed by atoms with Gasteiger partial charge < -0.3 is 4.84 Å². The van der Waals surface area contributed by atoms with Crippen molar-refractivity contribution < 1.29 is 39.8 Å². The van der Waals surface area contributed by atoms with Gasteiger partial charge in [-0.1, -0.05) is 10.0 Å². The third kappa shape index (κ3) is 15.6. The predicted octanol–water partition coefficient (Wildman–Crippen LogP) is -0.345. The lowest BCUT2D eigenvalue weighted by Crippen LogP contribution is -2.18. The number of rotatable bonds is 14. The second kappa shape index (κ2) is 15.6. The average Bonchev–Trinajstić information content (AvgIpc) is 2.35. The summed E-state index contributed by atoms with van der Waals surface area (Å²) in [6.45, 7) is 1.26. The first-order chi connectivity index (χ1) is 8.41. The molecule has 3 N–H and O–H groups in total. The Morgan fingerprint density at radius 2 is 1.65 bits per heavy atom. The topological polar surface area (TPSA) is 109 Å². The highest BCUT2D eigenvalue weighted by molar-refractivity contribution is 4.27. The Kier molecular flexibility index (Phi) is 15.2. The molecule has 0 aromatic heterocycles. The van der Waals surface area contributed by atoms with E-state index >= 15 is 0 Å². The molecule has 0 aliphatic carbocycles. The van der Waals surface area contributed by atoms with Crippen LogP contribution in [0.15, 0.2) is 0 Å². The lowest BCUT2D eigenvalue weighted by molar-refractivity contribution is -0.560. The molecule has 17 heavy (non-hydrogen) atoms. The molecule has 0 spiro atoms. The van der Waals surface area contributed by atoms with Gasteiger partial charge in [0.15, 0.2) is 0 Å². The Morgan fingerprint density at radius 3 is 2.35 bits per heavy atom. The van der Waals surface area contributed by atoms with Crippen molar-refractivity contribution in [1.82, 2.24) is 11.1 Å². The fourth-order valence-electron chi connectivity index (χ4n) is 0.657. The summed E-state index contributed by atoms with van der Waals surface area (Å²) >= 11 is 0. The fourth-order valence-corrected chi connectivity index (χ4v) is 0.657. The molecule has 0 aromatic rings. The predicted molar refractivity (Wildman–Crippen MR) is 51.1 cm³/mol. The van der Waals surface area contributed by atoms with Crippen LogP contribution < -0.4 is 11.1 Å². The third-order valence-corrected chi connectivity index (χ3v) is 1.32. The van der Waals surface area contributed by atoms with E-state index in [2.05, 4.69) is 30.3 Å². The molecule has 0 saturated carbocycles. The Hall–Kier alpha value is -0.400. The number of hydroxylamine groups is 1. The van der Waals surface area contributed by atoms with Crippen LogP contribution in [-0.4, -0.2) is 38.7 Å². The summed E-state index contributed by atoms with van der Waals surface area (Å²) in [5, 5.41) is 15.4. The minimum Gasteiger partial charge on any atom is -0.302 e. The lowest BCUT2D eigenvalue weighted by atomic mass is 10.5. The summed E-state index contributed by atoms with van der Waals surface area (Å²) in [7, 11) is 1.67. The SMILES string of the molecule is CNOCCCOOONOCCCOOO. The molecule has 0 fully saturated rings. The van der Waals surface area contributed by atoms with Crippen LogP contribution in [-0.2, 0) is 34.5 Å². The van der Waals surface area contributed by atoms with Crippen molar-refractivity contribution in [3.63, 3.8) is 0 Å². The lowest BCUT2D eigenvalue weighted by Gasteiger charge is -2.04. The summed E-state index contributed by atoms with van der Waals surface area (Å²) in [5.41, 5.74) is 4.53. The van der Waals surface area contributed by atoms with E-state index in [1.54, 1.807) is 7.05 Å². The zero-order valence-corrected chi connectivity index (χ0v) is 9.55. The van der Waals surface area contributed by atoms with Gasteiger partial charge in [0.2, 0.25) is 0 Å². The monoisotopic (exact) mass is 258 g/mol. The minimum absolute atomic E-state index is 0.182. The minimum atomic E-state index is 0.182. The molecule has 0 aliphatic heterocycles. The first kappa shape index (κ1) is 16.6. The van der Waals surface area contributed by atoms with Gasteiger partial charge in [-0.15, -0.1) is 0 Å². The molecule has 0 saturated heterocycles. The molecule has 10 heteroatoms. The smallest absolute Gasteiger partial charge is 0.0877 e. The van der Waals surface area contributed by atoms with E-state index in [1.165, 1.54) is 0 Å². The molecule has 0 radical (unpaired) electrons. The normalized spacial score (nSPS) is 10.9. The molecule has 0 bridgehead atoms. The van der Waals surface area contributed by atoms with Crippen molar-refractivity contribution in [2.75, 3.05) is 33.5 Å². The third-order valence-electron chi connectivity index (χ3n) is 1.32. The van der Waals surface area contributed by atoms with Crippen LogP contribution >= 0.6 is 0 Å². The van der Waals surface area contributed by atoms with Crippen LogP contribution in [0.3, 0.4) is 0 Å². The molecule has 0 rings (SSSR count). The van der Waals surface area contributed by atoms with E-state index in [4.69, 9.17) is 14.9 Å². The van der Waals surface area contributed by atoms with Crippen LogP contribution in [0, 0.1) is 0 Å². The zero-order valence-electron chi connectivity index (χ0n) is 9.55. The molecule has 0 unspecified atom stereocenters. The largest absolute Gasteiger partial charge is 0.302 e. The van der Waals surface area contributed by atoms with Gasteiger partial charge in [-0.05, 0) is 23.5 Å². The molecular weight excluding hydrogens is 240 g/mol. The Labute approximate surface area is 98.2 Å². The van der Waals surface area contributed by atoms with Crippen molar-refractivity contribution in [1.29, 1.82) is 0 Å². The van der Waals surface area contributed by atoms with Crippen molar-refractivity contribution in [3.05, 3.63) is 0 Å². The summed E-state index contributed by atoms with van der Waals surface area (Å²) in [6.07, 6.45) is 1.13. The highest BCUT2D eigenvalue weighted by atomic mass is 17.6. The Bertz CT molecular complexity index is 127. The Morgan fingerprint density at radius 1 is 0.941 bits per heavy atom. The van der Waals surface area contributed by atoms with Crippen molar-refractivity contribution in [2.45, 2.75) is 12.8 Å². The molecular formula is C7H18N2O8. The van der Waals surface area contributed by atoms with Gasteiger partial charge in [0.25, 0.3) is 0 Å². The van der Waals surface area contributed by atoms with Gasteiger partial charge in [0.1, 0.15) is 0 Å². The molecule has 0 aliphatic rings. The fraction of sp³-hybridized carbons (Fsp3) is 1.00. The molecule has 10 nitrogen and oxygen atoms in total. The van der Waals surface area contributed by atoms with Crippen LogP contribution in [0.1, 0.15) is 12.8 Å². The highest BCUT2D eigenvalue weighted by Gasteiger charge is 1.93. The van der Waals surface area contributed by atoms with E-state index in [1.807, 2.05) is 5.64 Å². The van der Waals surface area contributed by atoms with Crippen molar-refractivity contribution >= 4 is 0 Å². The molecule has 0 heterocycles.